The Bertz CT molecular complexity index is 1290. The molecule has 1 radical (unpaired) electrons. The van der Waals surface area contributed by atoms with E-state index in [2.05, 4.69) is 77.7 Å². The van der Waals surface area contributed by atoms with Gasteiger partial charge in [-0.3, -0.25) is 14.5 Å². The van der Waals surface area contributed by atoms with Crippen molar-refractivity contribution in [3.8, 4) is 12.1 Å². The van der Waals surface area contributed by atoms with Crippen LogP contribution in [-0.4, -0.2) is 108 Å². The predicted molar refractivity (Wildman–Crippen MR) is 166 cm³/mol. The predicted octanol–water partition coefficient (Wildman–Crippen LogP) is 3.22. The Morgan fingerprint density at radius 1 is 1.21 bits per heavy atom. The van der Waals surface area contributed by atoms with Crippen LogP contribution in [-0.2, 0) is 11.2 Å². The van der Waals surface area contributed by atoms with E-state index in [0.29, 0.717) is 62.2 Å². The summed E-state index contributed by atoms with van der Waals surface area (Å²) in [6.45, 7) is 8.80. The monoisotopic (exact) mass is 586 g/mol. The molecule has 10 heteroatoms. The van der Waals surface area contributed by atoms with Gasteiger partial charge in [0.1, 0.15) is 18.1 Å². The minimum atomic E-state index is -0.310. The molecule has 4 unspecified atom stereocenters. The lowest BCUT2D eigenvalue weighted by atomic mass is 9.75. The molecule has 10 nitrogen and oxygen atoms in total. The van der Waals surface area contributed by atoms with Crippen molar-refractivity contribution in [2.24, 2.45) is 5.92 Å². The highest BCUT2D eigenvalue weighted by molar-refractivity contribution is 5.87. The van der Waals surface area contributed by atoms with E-state index in [1.165, 1.54) is 12.0 Å². The van der Waals surface area contributed by atoms with E-state index in [0.717, 1.165) is 44.1 Å². The molecule has 5 rings (SSSR count). The average molecular weight is 587 g/mol. The number of fused-ring (bicyclic) bond motifs is 1. The second-order valence-electron chi connectivity index (χ2n) is 12.3. The minimum Gasteiger partial charge on any atom is -0.462 e. The lowest BCUT2D eigenvalue weighted by molar-refractivity contribution is -0.128. The number of ether oxygens (including phenoxy) is 1. The molecule has 1 aliphatic carbocycles. The first-order valence-electron chi connectivity index (χ1n) is 15.5. The number of nitriles is 1. The summed E-state index contributed by atoms with van der Waals surface area (Å²) >= 11 is 0. The Hall–Kier alpha value is -3.55. The number of piperazine rings is 1. The van der Waals surface area contributed by atoms with Crippen molar-refractivity contribution < 1.29 is 14.3 Å². The fourth-order valence-electron chi connectivity index (χ4n) is 7.12. The zero-order chi connectivity index (χ0) is 30.5. The number of carbonyl (C=O) groups excluding carboxylic acids is 2. The molecule has 3 fully saturated rings. The van der Waals surface area contributed by atoms with Gasteiger partial charge in [-0.2, -0.15) is 15.2 Å². The normalized spacial score (nSPS) is 28.0. The number of hydrogen-bond donors (Lipinski definition) is 0. The minimum absolute atomic E-state index is 0.182. The second-order valence-corrected chi connectivity index (χ2v) is 12.3. The lowest BCUT2D eigenvalue weighted by Gasteiger charge is -2.46. The molecule has 1 amide bonds. The Balaban J connectivity index is 1.42. The Labute approximate surface area is 255 Å². The van der Waals surface area contributed by atoms with Crippen LogP contribution in [0.1, 0.15) is 55.1 Å². The van der Waals surface area contributed by atoms with Crippen molar-refractivity contribution in [2.75, 3.05) is 51.8 Å². The van der Waals surface area contributed by atoms with E-state index in [4.69, 9.17) is 9.72 Å². The molecule has 229 valence electrons. The summed E-state index contributed by atoms with van der Waals surface area (Å²) in [6, 6.07) is 3.11. The lowest BCUT2D eigenvalue weighted by Crippen LogP contribution is -2.55. The van der Waals surface area contributed by atoms with Crippen molar-refractivity contribution in [2.45, 2.75) is 69.6 Å². The number of aromatic nitrogens is 2. The van der Waals surface area contributed by atoms with E-state index in [1.807, 2.05) is 0 Å². The Kier molecular flexibility index (Phi) is 9.93. The van der Waals surface area contributed by atoms with Gasteiger partial charge in [0.25, 0.3) is 0 Å². The van der Waals surface area contributed by atoms with Gasteiger partial charge >= 0.3 is 6.01 Å². The van der Waals surface area contributed by atoms with Crippen molar-refractivity contribution in [3.05, 3.63) is 54.1 Å². The standard InChI is InChI=1S/C33H44N7O3/c1-5-31(42)40-18-17-39(20-26(40)14-15-34)32-28(13-12-24-19-25-9-6-7-11-30(25)38(4)23(24)2)29(21-41)35-33(36-32)43-22-27-10-8-16-37(27)3/h5-7,9,11,21,23-24,26-27,30H,1,8,10,12-14,16-20,22H2,2-4H3/t23?,24-,26?,27?,30?/m1/s1. The summed E-state index contributed by atoms with van der Waals surface area (Å²) < 4.78 is 6.12. The van der Waals surface area contributed by atoms with Gasteiger partial charge in [0.05, 0.1) is 18.5 Å². The maximum Gasteiger partial charge on any atom is 0.319 e. The van der Waals surface area contributed by atoms with Gasteiger partial charge in [-0.15, -0.1) is 0 Å². The number of likely N-dealkylation sites (N-methyl/N-ethyl adjacent to an activating group) is 2. The van der Waals surface area contributed by atoms with Crippen molar-refractivity contribution in [1.29, 1.82) is 5.26 Å². The molecule has 0 N–H and O–H groups in total. The molecule has 4 heterocycles. The number of hydrogen-bond acceptors (Lipinski definition) is 9. The van der Waals surface area contributed by atoms with Crippen molar-refractivity contribution >= 4 is 18.0 Å². The summed E-state index contributed by atoms with van der Waals surface area (Å²) in [5.41, 5.74) is 1.16. The molecular formula is C33H44N7O3. The Morgan fingerprint density at radius 2 is 2.05 bits per heavy atom. The van der Waals surface area contributed by atoms with Crippen molar-refractivity contribution in [3.63, 3.8) is 0 Å². The zero-order valence-corrected chi connectivity index (χ0v) is 25.7. The molecule has 1 aromatic heterocycles. The molecule has 4 aliphatic rings. The number of piperidine rings is 1. The number of carbonyl (C=O) groups is 2. The number of nitrogens with zero attached hydrogens (tertiary/aromatic N) is 7. The highest BCUT2D eigenvalue weighted by Gasteiger charge is 2.38. The molecular weight excluding hydrogens is 542 g/mol. The van der Waals surface area contributed by atoms with Crippen LogP contribution < -0.4 is 9.64 Å². The van der Waals surface area contributed by atoms with Crippen LogP contribution in [0.4, 0.5) is 5.82 Å². The molecule has 0 bridgehead atoms. The number of likely N-dealkylation sites (tertiary alicyclic amines) is 2. The third-order valence-corrected chi connectivity index (χ3v) is 9.87. The van der Waals surface area contributed by atoms with Crippen LogP contribution in [0.15, 0.2) is 37.0 Å². The van der Waals surface area contributed by atoms with E-state index in [9.17, 15) is 14.9 Å². The summed E-state index contributed by atoms with van der Waals surface area (Å²) in [5.74, 6) is 2.31. The fourth-order valence-corrected chi connectivity index (χ4v) is 7.12. The average Bonchev–Trinajstić information content (AvgIpc) is 3.45. The van der Waals surface area contributed by atoms with Crippen LogP contribution in [0.25, 0.3) is 0 Å². The molecule has 43 heavy (non-hydrogen) atoms. The smallest absolute Gasteiger partial charge is 0.319 e. The second kappa shape index (κ2) is 13.8. The number of aldehydes is 1. The van der Waals surface area contributed by atoms with E-state index in [1.54, 1.807) is 4.90 Å². The summed E-state index contributed by atoms with van der Waals surface area (Å²) in [6.07, 6.45) is 15.7. The quantitative estimate of drug-likeness (QED) is 0.302. The van der Waals surface area contributed by atoms with E-state index >= 15 is 0 Å². The van der Waals surface area contributed by atoms with Crippen LogP contribution in [0.3, 0.4) is 0 Å². The number of allylic oxidation sites excluding steroid dienone is 2. The number of rotatable bonds is 10. The Morgan fingerprint density at radius 3 is 2.77 bits per heavy atom. The fraction of sp³-hybridized carbons (Fsp3) is 0.576. The molecule has 5 atom stereocenters. The first-order valence-corrected chi connectivity index (χ1v) is 15.5. The zero-order valence-electron chi connectivity index (χ0n) is 25.7. The molecule has 3 saturated heterocycles. The summed E-state index contributed by atoms with van der Waals surface area (Å²) in [7, 11) is 4.28. The van der Waals surface area contributed by atoms with Gasteiger partial charge in [-0.25, -0.2) is 0 Å². The molecule has 0 aromatic carbocycles. The maximum absolute atomic E-state index is 12.6. The van der Waals surface area contributed by atoms with Gasteiger partial charge in [-0.05, 0) is 71.7 Å². The molecule has 0 saturated carbocycles. The topological polar surface area (TPSA) is 106 Å². The van der Waals surface area contributed by atoms with Gasteiger partial charge in [-0.1, -0.05) is 30.9 Å². The molecule has 0 spiro atoms. The van der Waals surface area contributed by atoms with Crippen LogP contribution in [0, 0.1) is 23.2 Å². The largest absolute Gasteiger partial charge is 0.462 e. The van der Waals surface area contributed by atoms with E-state index < -0.39 is 0 Å². The first-order chi connectivity index (χ1) is 20.8. The SMILES string of the molecule is C=CC(=O)N1CCN(c2nc(OCC3CCCN3C)nc(C=O)c2CC[C@@H]2C[C]3C=CC=CC3N(C)C2C)CC1CC#N. The third kappa shape index (κ3) is 6.68. The highest BCUT2D eigenvalue weighted by Crippen LogP contribution is 2.39. The van der Waals surface area contributed by atoms with Crippen LogP contribution >= 0.6 is 0 Å². The van der Waals surface area contributed by atoms with Gasteiger partial charge in [0.2, 0.25) is 5.91 Å². The first kappa shape index (κ1) is 30.9. The van der Waals surface area contributed by atoms with Crippen LogP contribution in [0.2, 0.25) is 0 Å². The molecule has 3 aliphatic heterocycles. The van der Waals surface area contributed by atoms with Crippen molar-refractivity contribution in [1.82, 2.24) is 24.7 Å². The molecule has 1 aromatic rings. The van der Waals surface area contributed by atoms with Gasteiger partial charge in [0.15, 0.2) is 6.29 Å². The summed E-state index contributed by atoms with van der Waals surface area (Å²) in [5, 5.41) is 9.54. The van der Waals surface area contributed by atoms with E-state index in [-0.39, 0.29) is 30.4 Å². The van der Waals surface area contributed by atoms with Gasteiger partial charge < -0.3 is 19.4 Å². The number of anilines is 1. The third-order valence-electron chi connectivity index (χ3n) is 9.87. The van der Waals surface area contributed by atoms with Gasteiger partial charge in [0, 0.05) is 49.2 Å². The van der Waals surface area contributed by atoms with Crippen LogP contribution in [0.5, 0.6) is 6.01 Å². The summed E-state index contributed by atoms with van der Waals surface area (Å²) in [4.78, 5) is 43.1. The number of amides is 1. The highest BCUT2D eigenvalue weighted by atomic mass is 16.5. The maximum atomic E-state index is 12.6.